The summed E-state index contributed by atoms with van der Waals surface area (Å²) in [7, 11) is 1.18. The van der Waals surface area contributed by atoms with Crippen molar-refractivity contribution in [2.24, 2.45) is 0 Å². The number of hydrogen-bond acceptors (Lipinski definition) is 6. The highest BCUT2D eigenvalue weighted by molar-refractivity contribution is 5.81. The smallest absolute Gasteiger partial charge is 0.408 e. The number of nitrogens with one attached hydrogen (secondary N) is 1. The van der Waals surface area contributed by atoms with Crippen LogP contribution in [0.5, 0.6) is 0 Å². The standard InChI is InChI=1S/C14H14N2O6/c1-3-4-12(13(17)21-2)15-14(18)22-9-10-5-7-11(8-6-10)16(19)20/h1,5-8,12H,4,9H2,2H3,(H,15,18). The van der Waals surface area contributed by atoms with Gasteiger partial charge in [0.15, 0.2) is 0 Å². The molecule has 0 bridgehead atoms. The Balaban J connectivity index is 2.53. The maximum atomic E-state index is 11.6. The number of carbonyl (C=O) groups excluding carboxylic acids is 2. The van der Waals surface area contributed by atoms with Crippen molar-refractivity contribution in [3.63, 3.8) is 0 Å². The second-order valence-corrected chi connectivity index (χ2v) is 4.13. The molecule has 0 radical (unpaired) electrons. The zero-order chi connectivity index (χ0) is 16.5. The Hall–Kier alpha value is -3.08. The molecule has 0 aliphatic rings. The molecule has 1 rings (SSSR count). The SMILES string of the molecule is C#CCC(NC(=O)OCc1ccc([N+](=O)[O-])cc1)C(=O)OC. The van der Waals surface area contributed by atoms with Crippen LogP contribution in [0.3, 0.4) is 0 Å². The van der Waals surface area contributed by atoms with E-state index in [4.69, 9.17) is 11.2 Å². The van der Waals surface area contributed by atoms with E-state index in [2.05, 4.69) is 16.0 Å². The molecule has 0 aliphatic heterocycles. The first-order chi connectivity index (χ1) is 10.5. The van der Waals surface area contributed by atoms with Gasteiger partial charge in [0.2, 0.25) is 0 Å². The molecule has 1 unspecified atom stereocenters. The number of esters is 1. The molecule has 1 amide bonds. The molecular formula is C14H14N2O6. The van der Waals surface area contributed by atoms with E-state index in [9.17, 15) is 19.7 Å². The molecule has 8 heteroatoms. The molecule has 1 N–H and O–H groups in total. The quantitative estimate of drug-likeness (QED) is 0.368. The average Bonchev–Trinajstić information content (AvgIpc) is 2.52. The number of nitro groups is 1. The summed E-state index contributed by atoms with van der Waals surface area (Å²) in [5.74, 6) is 1.57. The average molecular weight is 306 g/mol. The fourth-order valence-corrected chi connectivity index (χ4v) is 1.50. The van der Waals surface area contributed by atoms with Crippen molar-refractivity contribution in [3.05, 3.63) is 39.9 Å². The van der Waals surface area contributed by atoms with Crippen molar-refractivity contribution >= 4 is 17.7 Å². The third-order valence-corrected chi connectivity index (χ3v) is 2.62. The van der Waals surface area contributed by atoms with Gasteiger partial charge in [-0.1, -0.05) is 0 Å². The van der Waals surface area contributed by atoms with E-state index >= 15 is 0 Å². The third kappa shape index (κ3) is 5.13. The van der Waals surface area contributed by atoms with Crippen molar-refractivity contribution in [1.82, 2.24) is 5.32 Å². The summed E-state index contributed by atoms with van der Waals surface area (Å²) in [5, 5.41) is 12.8. The lowest BCUT2D eigenvalue weighted by Gasteiger charge is -2.14. The van der Waals surface area contributed by atoms with Crippen LogP contribution in [0.1, 0.15) is 12.0 Å². The summed E-state index contributed by atoms with van der Waals surface area (Å²) in [4.78, 5) is 32.9. The largest absolute Gasteiger partial charge is 0.467 e. The predicted octanol–water partition coefficient (Wildman–Crippen LogP) is 1.39. The number of alkyl carbamates (subject to hydrolysis) is 1. The summed E-state index contributed by atoms with van der Waals surface area (Å²) >= 11 is 0. The van der Waals surface area contributed by atoms with Crippen molar-refractivity contribution in [2.75, 3.05) is 7.11 Å². The van der Waals surface area contributed by atoms with E-state index in [0.29, 0.717) is 5.56 Å². The van der Waals surface area contributed by atoms with Crippen LogP contribution in [0.25, 0.3) is 0 Å². The number of rotatable bonds is 6. The molecule has 1 aromatic carbocycles. The number of amides is 1. The Morgan fingerprint density at radius 1 is 1.41 bits per heavy atom. The first kappa shape index (κ1) is 17.0. The zero-order valence-corrected chi connectivity index (χ0v) is 11.8. The van der Waals surface area contributed by atoms with Crippen molar-refractivity contribution in [1.29, 1.82) is 0 Å². The van der Waals surface area contributed by atoms with Crippen LogP contribution in [-0.4, -0.2) is 30.1 Å². The zero-order valence-electron chi connectivity index (χ0n) is 11.8. The first-order valence-electron chi connectivity index (χ1n) is 6.15. The number of benzene rings is 1. The topological polar surface area (TPSA) is 108 Å². The molecule has 0 spiro atoms. The highest BCUT2D eigenvalue weighted by Gasteiger charge is 2.21. The normalized spacial score (nSPS) is 10.9. The van der Waals surface area contributed by atoms with Crippen molar-refractivity contribution < 1.29 is 24.0 Å². The molecule has 0 fully saturated rings. The minimum atomic E-state index is -0.987. The molecule has 116 valence electrons. The Morgan fingerprint density at radius 2 is 2.05 bits per heavy atom. The van der Waals surface area contributed by atoms with E-state index in [-0.39, 0.29) is 18.7 Å². The highest BCUT2D eigenvalue weighted by atomic mass is 16.6. The maximum absolute atomic E-state index is 11.6. The molecule has 0 aromatic heterocycles. The second kappa shape index (κ2) is 8.26. The molecule has 0 saturated heterocycles. The van der Waals surface area contributed by atoms with Gasteiger partial charge in [0.1, 0.15) is 12.6 Å². The minimum Gasteiger partial charge on any atom is -0.467 e. The minimum absolute atomic E-state index is 0.0285. The van der Waals surface area contributed by atoms with E-state index in [1.54, 1.807) is 0 Å². The monoisotopic (exact) mass is 306 g/mol. The van der Waals surface area contributed by atoms with Crippen LogP contribution in [0.15, 0.2) is 24.3 Å². The third-order valence-electron chi connectivity index (χ3n) is 2.62. The number of ether oxygens (including phenoxy) is 2. The number of nitro benzene ring substituents is 1. The van der Waals surface area contributed by atoms with Gasteiger partial charge in [0, 0.05) is 18.6 Å². The summed E-state index contributed by atoms with van der Waals surface area (Å²) in [6.07, 6.45) is 4.22. The van der Waals surface area contributed by atoms with Crippen LogP contribution in [-0.2, 0) is 20.9 Å². The van der Waals surface area contributed by atoms with Gasteiger partial charge in [-0.25, -0.2) is 9.59 Å². The Kier molecular flexibility index (Phi) is 6.37. The number of terminal acetylenes is 1. The fraction of sp³-hybridized carbons (Fsp3) is 0.286. The van der Waals surface area contributed by atoms with E-state index in [1.165, 1.54) is 31.4 Å². The lowest BCUT2D eigenvalue weighted by molar-refractivity contribution is -0.384. The van der Waals surface area contributed by atoms with Gasteiger partial charge in [-0.05, 0) is 17.7 Å². The fourth-order valence-electron chi connectivity index (χ4n) is 1.50. The van der Waals surface area contributed by atoms with Crippen LogP contribution in [0.2, 0.25) is 0 Å². The van der Waals surface area contributed by atoms with Gasteiger partial charge < -0.3 is 14.8 Å². The van der Waals surface area contributed by atoms with E-state index in [0.717, 1.165) is 0 Å². The molecule has 1 atom stereocenters. The van der Waals surface area contributed by atoms with Crippen molar-refractivity contribution in [2.45, 2.75) is 19.1 Å². The molecule has 8 nitrogen and oxygen atoms in total. The van der Waals surface area contributed by atoms with Crippen molar-refractivity contribution in [3.8, 4) is 12.3 Å². The van der Waals surface area contributed by atoms with Gasteiger partial charge in [0.05, 0.1) is 12.0 Å². The first-order valence-corrected chi connectivity index (χ1v) is 6.15. The molecule has 0 heterocycles. The molecule has 0 aliphatic carbocycles. The van der Waals surface area contributed by atoms with Crippen LogP contribution < -0.4 is 5.32 Å². The Bertz CT molecular complexity index is 590. The van der Waals surface area contributed by atoms with Gasteiger partial charge >= 0.3 is 12.1 Å². The summed E-state index contributed by atoms with van der Waals surface area (Å²) < 4.78 is 9.40. The lowest BCUT2D eigenvalue weighted by Crippen LogP contribution is -2.41. The Labute approximate surface area is 126 Å². The summed E-state index contributed by atoms with van der Waals surface area (Å²) in [6, 6.07) is 4.53. The Morgan fingerprint density at radius 3 is 2.55 bits per heavy atom. The molecular weight excluding hydrogens is 292 g/mol. The van der Waals surface area contributed by atoms with Gasteiger partial charge in [-0.15, -0.1) is 12.3 Å². The highest BCUT2D eigenvalue weighted by Crippen LogP contribution is 2.12. The molecule has 0 saturated carbocycles. The second-order valence-electron chi connectivity index (χ2n) is 4.13. The predicted molar refractivity (Wildman–Crippen MR) is 75.7 cm³/mol. The number of carbonyl (C=O) groups is 2. The maximum Gasteiger partial charge on any atom is 0.408 e. The van der Waals surface area contributed by atoms with Gasteiger partial charge in [-0.3, -0.25) is 10.1 Å². The van der Waals surface area contributed by atoms with Crippen LogP contribution in [0, 0.1) is 22.5 Å². The lowest BCUT2D eigenvalue weighted by atomic mass is 10.2. The number of non-ortho nitro benzene ring substituents is 1. The van der Waals surface area contributed by atoms with E-state index < -0.39 is 23.0 Å². The number of hydrogen-bond donors (Lipinski definition) is 1. The van der Waals surface area contributed by atoms with E-state index in [1.807, 2.05) is 0 Å². The summed E-state index contributed by atoms with van der Waals surface area (Å²) in [6.45, 7) is -0.103. The number of methoxy groups -OCH3 is 1. The molecule has 1 aromatic rings. The summed E-state index contributed by atoms with van der Waals surface area (Å²) in [5.41, 5.74) is 0.500. The number of nitrogens with zero attached hydrogens (tertiary/aromatic N) is 1. The van der Waals surface area contributed by atoms with Crippen LogP contribution in [0.4, 0.5) is 10.5 Å². The van der Waals surface area contributed by atoms with Crippen LogP contribution >= 0.6 is 0 Å². The van der Waals surface area contributed by atoms with Gasteiger partial charge in [-0.2, -0.15) is 0 Å². The molecule has 22 heavy (non-hydrogen) atoms. The van der Waals surface area contributed by atoms with Gasteiger partial charge in [0.25, 0.3) is 5.69 Å².